The second kappa shape index (κ2) is 8.34. The lowest BCUT2D eigenvalue weighted by molar-refractivity contribution is -0.131. The van der Waals surface area contributed by atoms with Gasteiger partial charge in [0.15, 0.2) is 5.82 Å². The smallest absolute Gasteiger partial charge is 0.251 e. The number of aromatic nitrogens is 4. The highest BCUT2D eigenvalue weighted by atomic mass is 16.2. The minimum absolute atomic E-state index is 0.0310. The number of H-pyrrole nitrogens is 1. The third-order valence-corrected chi connectivity index (χ3v) is 5.24. The monoisotopic (exact) mass is 389 g/mol. The van der Waals surface area contributed by atoms with E-state index in [1.807, 2.05) is 36.1 Å². The Morgan fingerprint density at radius 2 is 2.07 bits per heavy atom. The zero-order valence-corrected chi connectivity index (χ0v) is 16.3. The normalized spacial score (nSPS) is 16.6. The molecule has 1 aliphatic rings. The van der Waals surface area contributed by atoms with Crippen molar-refractivity contribution in [3.05, 3.63) is 76.1 Å². The number of hydrogen-bond acceptors (Lipinski definition) is 5. The summed E-state index contributed by atoms with van der Waals surface area (Å²) in [6.45, 7) is 3.34. The first-order chi connectivity index (χ1) is 14.1. The third-order valence-electron chi connectivity index (χ3n) is 5.24. The van der Waals surface area contributed by atoms with Crippen molar-refractivity contribution in [1.82, 2.24) is 24.8 Å². The molecular weight excluding hydrogens is 366 g/mol. The van der Waals surface area contributed by atoms with Crippen LogP contribution in [0.1, 0.15) is 35.6 Å². The number of aryl methyl sites for hydroxylation is 1. The molecule has 1 aliphatic heterocycles. The van der Waals surface area contributed by atoms with Gasteiger partial charge < -0.3 is 9.88 Å². The van der Waals surface area contributed by atoms with E-state index >= 15 is 0 Å². The molecule has 4 rings (SSSR count). The molecule has 1 aromatic carbocycles. The van der Waals surface area contributed by atoms with E-state index in [2.05, 4.69) is 19.9 Å². The van der Waals surface area contributed by atoms with Crippen LogP contribution in [0.25, 0.3) is 11.5 Å². The van der Waals surface area contributed by atoms with Gasteiger partial charge in [0.25, 0.3) is 5.56 Å². The van der Waals surface area contributed by atoms with Crippen LogP contribution < -0.4 is 5.56 Å². The van der Waals surface area contributed by atoms with Crippen LogP contribution in [0.4, 0.5) is 0 Å². The van der Waals surface area contributed by atoms with Crippen molar-refractivity contribution < 1.29 is 4.79 Å². The Morgan fingerprint density at radius 3 is 2.83 bits per heavy atom. The minimum atomic E-state index is -0.223. The Balaban J connectivity index is 1.51. The fourth-order valence-corrected chi connectivity index (χ4v) is 3.67. The molecule has 0 aliphatic carbocycles. The molecule has 1 unspecified atom stereocenters. The lowest BCUT2D eigenvalue weighted by Crippen LogP contribution is -2.40. The van der Waals surface area contributed by atoms with Crippen LogP contribution in [0.3, 0.4) is 0 Å². The van der Waals surface area contributed by atoms with E-state index in [4.69, 9.17) is 0 Å². The predicted octanol–water partition coefficient (Wildman–Crippen LogP) is 2.48. The molecule has 3 aromatic rings. The summed E-state index contributed by atoms with van der Waals surface area (Å²) in [7, 11) is 0. The van der Waals surface area contributed by atoms with Gasteiger partial charge >= 0.3 is 0 Å². The highest BCUT2D eigenvalue weighted by molar-refractivity contribution is 5.79. The topological polar surface area (TPSA) is 91.8 Å². The molecule has 0 bridgehead atoms. The zero-order valence-electron chi connectivity index (χ0n) is 16.3. The highest BCUT2D eigenvalue weighted by Crippen LogP contribution is 2.26. The molecule has 0 saturated carbocycles. The second-order valence-corrected chi connectivity index (χ2v) is 7.45. The third kappa shape index (κ3) is 4.56. The molecule has 7 nitrogen and oxygen atoms in total. The van der Waals surface area contributed by atoms with E-state index in [0.717, 1.165) is 24.9 Å². The van der Waals surface area contributed by atoms with Crippen LogP contribution in [0.5, 0.6) is 0 Å². The molecule has 148 valence electrons. The van der Waals surface area contributed by atoms with Crippen LogP contribution >= 0.6 is 0 Å². The van der Waals surface area contributed by atoms with Gasteiger partial charge in [-0.2, -0.15) is 0 Å². The Hall–Kier alpha value is -3.35. The Labute approximate surface area is 168 Å². The number of carbonyl (C=O) groups excluding carboxylic acids is 1. The van der Waals surface area contributed by atoms with Crippen molar-refractivity contribution in [3.63, 3.8) is 0 Å². The van der Waals surface area contributed by atoms with Crippen molar-refractivity contribution in [2.24, 2.45) is 0 Å². The van der Waals surface area contributed by atoms with Crippen molar-refractivity contribution in [3.8, 4) is 11.5 Å². The van der Waals surface area contributed by atoms with Crippen molar-refractivity contribution >= 4 is 5.91 Å². The van der Waals surface area contributed by atoms with Gasteiger partial charge in [0, 0.05) is 37.5 Å². The van der Waals surface area contributed by atoms with Gasteiger partial charge in [-0.25, -0.2) is 9.97 Å². The van der Waals surface area contributed by atoms with Crippen LogP contribution in [-0.4, -0.2) is 43.8 Å². The van der Waals surface area contributed by atoms with Gasteiger partial charge in [0.1, 0.15) is 5.69 Å². The van der Waals surface area contributed by atoms with Gasteiger partial charge in [-0.05, 0) is 25.3 Å². The first-order valence-electron chi connectivity index (χ1n) is 9.79. The van der Waals surface area contributed by atoms with Crippen LogP contribution in [0, 0.1) is 6.92 Å². The maximum absolute atomic E-state index is 12.8. The number of rotatable bonds is 4. The van der Waals surface area contributed by atoms with Gasteiger partial charge in [-0.15, -0.1) is 0 Å². The molecular formula is C22H23N5O2. The first kappa shape index (κ1) is 19.0. The predicted molar refractivity (Wildman–Crippen MR) is 109 cm³/mol. The van der Waals surface area contributed by atoms with E-state index in [1.54, 1.807) is 18.6 Å². The molecule has 3 heterocycles. The van der Waals surface area contributed by atoms with E-state index in [-0.39, 0.29) is 17.4 Å². The number of nitrogens with one attached hydrogen (secondary N) is 1. The number of amides is 1. The van der Waals surface area contributed by atoms with Gasteiger partial charge in [0.05, 0.1) is 18.3 Å². The minimum Gasteiger partial charge on any atom is -0.342 e. The number of nitrogens with zero attached hydrogens (tertiary/aromatic N) is 4. The summed E-state index contributed by atoms with van der Waals surface area (Å²) >= 11 is 0. The molecule has 1 N–H and O–H groups in total. The summed E-state index contributed by atoms with van der Waals surface area (Å²) in [5, 5.41) is 0. The van der Waals surface area contributed by atoms with E-state index in [9.17, 15) is 9.59 Å². The molecule has 2 aromatic heterocycles. The quantitative estimate of drug-likeness (QED) is 0.740. The van der Waals surface area contributed by atoms with Gasteiger partial charge in [-0.3, -0.25) is 14.6 Å². The fraction of sp³-hybridized carbons (Fsp3) is 0.318. The highest BCUT2D eigenvalue weighted by Gasteiger charge is 2.26. The number of benzene rings is 1. The Morgan fingerprint density at radius 1 is 1.24 bits per heavy atom. The maximum atomic E-state index is 12.8. The lowest BCUT2D eigenvalue weighted by Gasteiger charge is -2.32. The molecule has 1 saturated heterocycles. The standard InChI is InChI=1S/C22H23N5O2/c1-15-4-6-16(7-5-15)11-21(29)27-10-2-3-17(14-27)18-12-20(28)26-22(25-18)19-13-23-8-9-24-19/h4-9,12-13,17H,2-3,10-11,14H2,1H3,(H,25,26,28). The van der Waals surface area contributed by atoms with Crippen molar-refractivity contribution in [2.75, 3.05) is 13.1 Å². The fourth-order valence-electron chi connectivity index (χ4n) is 3.67. The Bertz CT molecular complexity index is 1050. The van der Waals surface area contributed by atoms with E-state index in [0.29, 0.717) is 30.2 Å². The average molecular weight is 389 g/mol. The van der Waals surface area contributed by atoms with E-state index < -0.39 is 0 Å². The molecule has 0 spiro atoms. The number of piperidine rings is 1. The van der Waals surface area contributed by atoms with E-state index in [1.165, 1.54) is 11.6 Å². The van der Waals surface area contributed by atoms with Crippen molar-refractivity contribution in [2.45, 2.75) is 32.1 Å². The summed E-state index contributed by atoms with van der Waals surface area (Å²) in [6, 6.07) is 9.57. The summed E-state index contributed by atoms with van der Waals surface area (Å²) < 4.78 is 0. The number of carbonyl (C=O) groups is 1. The molecule has 29 heavy (non-hydrogen) atoms. The summed E-state index contributed by atoms with van der Waals surface area (Å²) in [4.78, 5) is 42.5. The van der Waals surface area contributed by atoms with Crippen molar-refractivity contribution in [1.29, 1.82) is 0 Å². The summed E-state index contributed by atoms with van der Waals surface area (Å²) in [5.74, 6) is 0.546. The number of hydrogen-bond donors (Lipinski definition) is 1. The zero-order chi connectivity index (χ0) is 20.2. The van der Waals surface area contributed by atoms with Crippen LogP contribution in [0.15, 0.2) is 53.7 Å². The molecule has 7 heteroatoms. The molecule has 1 amide bonds. The number of aromatic amines is 1. The Kier molecular flexibility index (Phi) is 5.46. The van der Waals surface area contributed by atoms with Gasteiger partial charge in [-0.1, -0.05) is 29.8 Å². The molecule has 0 radical (unpaired) electrons. The van der Waals surface area contributed by atoms with Gasteiger partial charge in [0.2, 0.25) is 5.91 Å². The van der Waals surface area contributed by atoms with Crippen LogP contribution in [0.2, 0.25) is 0 Å². The first-order valence-corrected chi connectivity index (χ1v) is 9.79. The largest absolute Gasteiger partial charge is 0.342 e. The maximum Gasteiger partial charge on any atom is 0.251 e. The second-order valence-electron chi connectivity index (χ2n) is 7.45. The summed E-state index contributed by atoms with van der Waals surface area (Å²) in [6.07, 6.45) is 6.88. The average Bonchev–Trinajstić information content (AvgIpc) is 2.75. The SMILES string of the molecule is Cc1ccc(CC(=O)N2CCCC(c3cc(=O)[nH]c(-c4cnccn4)n3)C2)cc1. The molecule has 1 atom stereocenters. The molecule has 1 fully saturated rings. The number of likely N-dealkylation sites (tertiary alicyclic amines) is 1. The lowest BCUT2D eigenvalue weighted by atomic mass is 9.94. The summed E-state index contributed by atoms with van der Waals surface area (Å²) in [5.41, 5.74) is 3.19. The van der Waals surface area contributed by atoms with Crippen LogP contribution in [-0.2, 0) is 11.2 Å².